The molecule has 2 aliphatic heterocycles. The third-order valence-electron chi connectivity index (χ3n) is 5.49. The fourth-order valence-electron chi connectivity index (χ4n) is 3.81. The molecule has 0 saturated carbocycles. The number of rotatable bonds is 5. The van der Waals surface area contributed by atoms with Gasteiger partial charge in [0, 0.05) is 39.3 Å². The molecule has 2 heterocycles. The van der Waals surface area contributed by atoms with E-state index in [1.54, 1.807) is 19.2 Å². The molecule has 2 aromatic rings. The third kappa shape index (κ3) is 6.99. The van der Waals surface area contributed by atoms with Crippen molar-refractivity contribution in [3.63, 3.8) is 0 Å². The largest absolute Gasteiger partial charge is 0.493 e. The average Bonchev–Trinajstić information content (AvgIpc) is 3.28. The summed E-state index contributed by atoms with van der Waals surface area (Å²) < 4.78 is 55.9. The van der Waals surface area contributed by atoms with Crippen molar-refractivity contribution in [2.24, 2.45) is 0 Å². The van der Waals surface area contributed by atoms with Gasteiger partial charge in [0.1, 0.15) is 0 Å². The number of carboxylic acid groups (broad SMARTS) is 2. The molecular formula is C23H25F3N2O7. The first-order valence-corrected chi connectivity index (χ1v) is 10.6. The lowest BCUT2D eigenvalue weighted by Crippen LogP contribution is -2.45. The van der Waals surface area contributed by atoms with E-state index in [1.165, 1.54) is 6.07 Å². The fraction of sp³-hybridized carbons (Fsp3) is 0.391. The van der Waals surface area contributed by atoms with Crippen LogP contribution in [-0.2, 0) is 28.9 Å². The summed E-state index contributed by atoms with van der Waals surface area (Å²) in [4.78, 5) is 22.6. The summed E-state index contributed by atoms with van der Waals surface area (Å²) >= 11 is 0. The molecule has 0 atom stereocenters. The van der Waals surface area contributed by atoms with Crippen LogP contribution < -0.4 is 14.2 Å². The molecule has 0 bridgehead atoms. The zero-order valence-electron chi connectivity index (χ0n) is 18.9. The van der Waals surface area contributed by atoms with Crippen molar-refractivity contribution in [3.8, 4) is 17.2 Å². The second-order valence-corrected chi connectivity index (χ2v) is 7.85. The van der Waals surface area contributed by atoms with Crippen molar-refractivity contribution in [1.82, 2.24) is 9.80 Å². The molecule has 2 N–H and O–H groups in total. The molecule has 0 amide bonds. The van der Waals surface area contributed by atoms with Gasteiger partial charge in [-0.15, -0.1) is 0 Å². The van der Waals surface area contributed by atoms with Crippen LogP contribution in [0.1, 0.15) is 16.7 Å². The molecular weight excluding hydrogens is 473 g/mol. The van der Waals surface area contributed by atoms with Gasteiger partial charge >= 0.3 is 18.1 Å². The number of methoxy groups -OCH3 is 1. The molecule has 2 aromatic carbocycles. The number of nitrogens with zero attached hydrogens (tertiary/aromatic N) is 2. The summed E-state index contributed by atoms with van der Waals surface area (Å²) in [7, 11) is 1.60. The van der Waals surface area contributed by atoms with Crippen LogP contribution in [0.2, 0.25) is 0 Å². The third-order valence-corrected chi connectivity index (χ3v) is 5.49. The summed E-state index contributed by atoms with van der Waals surface area (Å²) in [5.74, 6) is -1.69. The van der Waals surface area contributed by atoms with E-state index in [0.717, 1.165) is 31.3 Å². The molecule has 190 valence electrons. The smallest absolute Gasteiger partial charge is 0.416 e. The number of alkyl halides is 3. The molecule has 0 unspecified atom stereocenters. The van der Waals surface area contributed by atoms with Crippen LogP contribution in [0.3, 0.4) is 0 Å². The van der Waals surface area contributed by atoms with Crippen molar-refractivity contribution >= 4 is 11.9 Å². The molecule has 0 radical (unpaired) electrons. The van der Waals surface area contributed by atoms with Crippen LogP contribution in [0.5, 0.6) is 17.2 Å². The second kappa shape index (κ2) is 11.3. The Bertz CT molecular complexity index is 1040. The van der Waals surface area contributed by atoms with E-state index in [2.05, 4.69) is 9.80 Å². The van der Waals surface area contributed by atoms with Crippen molar-refractivity contribution < 1.29 is 47.2 Å². The fourth-order valence-corrected chi connectivity index (χ4v) is 3.81. The molecule has 2 aliphatic rings. The van der Waals surface area contributed by atoms with E-state index in [4.69, 9.17) is 34.0 Å². The lowest BCUT2D eigenvalue weighted by molar-refractivity contribution is -0.159. The first-order chi connectivity index (χ1) is 16.6. The number of halogens is 3. The highest BCUT2D eigenvalue weighted by Crippen LogP contribution is 2.42. The molecule has 4 rings (SSSR count). The Morgan fingerprint density at radius 2 is 1.57 bits per heavy atom. The quantitative estimate of drug-likeness (QED) is 0.602. The summed E-state index contributed by atoms with van der Waals surface area (Å²) in [6, 6.07) is 9.71. The van der Waals surface area contributed by atoms with Gasteiger partial charge in [0.15, 0.2) is 11.5 Å². The van der Waals surface area contributed by atoms with E-state index in [0.29, 0.717) is 42.4 Å². The van der Waals surface area contributed by atoms with Crippen LogP contribution in [0.4, 0.5) is 13.2 Å². The number of carbonyl (C=O) groups is 2. The summed E-state index contributed by atoms with van der Waals surface area (Å²) in [6.45, 7) is 4.21. The van der Waals surface area contributed by atoms with Gasteiger partial charge in [-0.05, 0) is 29.3 Å². The van der Waals surface area contributed by atoms with E-state index in [1.807, 2.05) is 12.1 Å². The Balaban J connectivity index is 0.000000509. The zero-order chi connectivity index (χ0) is 25.6. The van der Waals surface area contributed by atoms with E-state index >= 15 is 0 Å². The van der Waals surface area contributed by atoms with Crippen LogP contribution >= 0.6 is 0 Å². The molecule has 9 nitrogen and oxygen atoms in total. The molecule has 0 aliphatic carbocycles. The van der Waals surface area contributed by atoms with Crippen LogP contribution in [0.25, 0.3) is 0 Å². The van der Waals surface area contributed by atoms with Gasteiger partial charge in [0.05, 0.1) is 12.7 Å². The van der Waals surface area contributed by atoms with Crippen molar-refractivity contribution in [3.05, 3.63) is 53.1 Å². The van der Waals surface area contributed by atoms with Gasteiger partial charge in [-0.25, -0.2) is 9.59 Å². The zero-order valence-corrected chi connectivity index (χ0v) is 18.9. The molecule has 0 aromatic heterocycles. The van der Waals surface area contributed by atoms with Crippen molar-refractivity contribution in [2.75, 3.05) is 40.1 Å². The molecule has 0 spiro atoms. The van der Waals surface area contributed by atoms with Crippen molar-refractivity contribution in [2.45, 2.75) is 19.3 Å². The average molecular weight is 498 g/mol. The van der Waals surface area contributed by atoms with Gasteiger partial charge in [-0.3, -0.25) is 9.80 Å². The maximum Gasteiger partial charge on any atom is 0.416 e. The van der Waals surface area contributed by atoms with Gasteiger partial charge < -0.3 is 24.4 Å². The summed E-state index contributed by atoms with van der Waals surface area (Å²) in [5, 5.41) is 14.8. The maximum absolute atomic E-state index is 13.2. The number of aliphatic carboxylic acids is 2. The molecule has 1 saturated heterocycles. The first-order valence-electron chi connectivity index (χ1n) is 10.6. The monoisotopic (exact) mass is 498 g/mol. The number of hydrogen-bond donors (Lipinski definition) is 2. The minimum atomic E-state index is -4.32. The predicted octanol–water partition coefficient (Wildman–Crippen LogP) is 2.92. The predicted molar refractivity (Wildman–Crippen MR) is 116 cm³/mol. The number of carboxylic acids is 2. The Labute approximate surface area is 199 Å². The van der Waals surface area contributed by atoms with Gasteiger partial charge in [0.25, 0.3) is 0 Å². The highest BCUT2D eigenvalue weighted by Gasteiger charge is 2.33. The second-order valence-electron chi connectivity index (χ2n) is 7.85. The Morgan fingerprint density at radius 1 is 0.971 bits per heavy atom. The lowest BCUT2D eigenvalue weighted by Gasteiger charge is -2.35. The molecule has 1 fully saturated rings. The number of hydrogen-bond acceptors (Lipinski definition) is 7. The van der Waals surface area contributed by atoms with E-state index in [-0.39, 0.29) is 6.79 Å². The Morgan fingerprint density at radius 3 is 2.14 bits per heavy atom. The normalized spacial score (nSPS) is 15.8. The summed E-state index contributed by atoms with van der Waals surface area (Å²) in [6.07, 6.45) is -4.32. The standard InChI is InChI=1S/C21H23F3N2O3.C2H2O4/c1-27-18-10-15(11-19-20(18)29-14-28-19)12-25-6-8-26(9-7-25)13-16-4-2-3-5-17(16)21(22,23)24;3-1(4)2(5)6/h2-5,10-11H,6-9,12-14H2,1H3;(H,3,4)(H,5,6). The molecule has 35 heavy (non-hydrogen) atoms. The van der Waals surface area contributed by atoms with Gasteiger partial charge in [0.2, 0.25) is 12.5 Å². The minimum absolute atomic E-state index is 0.188. The SMILES string of the molecule is COc1cc(CN2CCN(Cc3ccccc3C(F)(F)F)CC2)cc2c1OCO2.O=C(O)C(=O)O. The van der Waals surface area contributed by atoms with Gasteiger partial charge in [-0.1, -0.05) is 18.2 Å². The highest BCUT2D eigenvalue weighted by atomic mass is 19.4. The lowest BCUT2D eigenvalue weighted by atomic mass is 10.1. The Hall–Kier alpha value is -3.51. The van der Waals surface area contributed by atoms with Crippen LogP contribution in [-0.4, -0.2) is 72.0 Å². The number of ether oxygens (including phenoxy) is 3. The van der Waals surface area contributed by atoms with Gasteiger partial charge in [-0.2, -0.15) is 13.2 Å². The number of piperazine rings is 1. The van der Waals surface area contributed by atoms with Crippen LogP contribution in [0, 0.1) is 0 Å². The van der Waals surface area contributed by atoms with Crippen molar-refractivity contribution in [1.29, 1.82) is 0 Å². The first kappa shape index (κ1) is 26.1. The highest BCUT2D eigenvalue weighted by molar-refractivity contribution is 6.27. The van der Waals surface area contributed by atoms with Crippen LogP contribution in [0.15, 0.2) is 36.4 Å². The minimum Gasteiger partial charge on any atom is -0.493 e. The number of benzene rings is 2. The molecule has 12 heteroatoms. The maximum atomic E-state index is 13.2. The van der Waals surface area contributed by atoms with E-state index in [9.17, 15) is 13.2 Å². The Kier molecular flexibility index (Phi) is 8.41. The number of fused-ring (bicyclic) bond motifs is 1. The topological polar surface area (TPSA) is 109 Å². The summed E-state index contributed by atoms with van der Waals surface area (Å²) in [5.41, 5.74) is 0.839. The van der Waals surface area contributed by atoms with E-state index < -0.39 is 23.7 Å².